The molecule has 0 bridgehead atoms. The Morgan fingerprint density at radius 1 is 1.00 bits per heavy atom. The van der Waals surface area contributed by atoms with Gasteiger partial charge in [0, 0.05) is 16.5 Å². The quantitative estimate of drug-likeness (QED) is 0.586. The number of carboxylic acids is 1. The van der Waals surface area contributed by atoms with Crippen LogP contribution in [-0.4, -0.2) is 32.9 Å². The van der Waals surface area contributed by atoms with E-state index in [0.717, 1.165) is 29.5 Å². The maximum atomic E-state index is 11.3. The fraction of sp³-hybridized carbons (Fsp3) is 0.273. The second-order valence-electron chi connectivity index (χ2n) is 7.05. The summed E-state index contributed by atoms with van der Waals surface area (Å²) < 4.78 is 0. The van der Waals surface area contributed by atoms with Gasteiger partial charge < -0.3 is 15.2 Å². The van der Waals surface area contributed by atoms with Gasteiger partial charge >= 0.3 is 5.97 Å². The summed E-state index contributed by atoms with van der Waals surface area (Å²) in [6, 6.07) is 14.9. The van der Waals surface area contributed by atoms with Crippen LogP contribution < -0.4 is 0 Å². The number of fused-ring (bicyclic) bond motifs is 1. The largest absolute Gasteiger partial charge is 0.494 e. The van der Waals surface area contributed by atoms with Crippen molar-refractivity contribution in [2.75, 3.05) is 0 Å². The Hall–Kier alpha value is -3.08. The predicted molar refractivity (Wildman–Crippen MR) is 106 cm³/mol. The standard InChI is InChI=1S/C22H22N2O3/c25-21-19(17-12-11-15(22(26)27)13-18(17)24-21)20(14-7-3-1-4-8-14)23-16-9-5-2-6-10-16/h1,3-4,7-8,11-13,16,24-25H,2,5-6,9-10H2,(H,26,27). The van der Waals surface area contributed by atoms with Crippen molar-refractivity contribution in [1.82, 2.24) is 4.98 Å². The van der Waals surface area contributed by atoms with Crippen molar-refractivity contribution in [3.63, 3.8) is 0 Å². The van der Waals surface area contributed by atoms with Crippen molar-refractivity contribution in [2.24, 2.45) is 4.99 Å². The van der Waals surface area contributed by atoms with Gasteiger partial charge in [0.05, 0.1) is 22.9 Å². The molecule has 4 rings (SSSR count). The summed E-state index contributed by atoms with van der Waals surface area (Å²) in [7, 11) is 0. The molecule has 5 nitrogen and oxygen atoms in total. The molecule has 1 aromatic heterocycles. The number of hydrogen-bond donors (Lipinski definition) is 3. The van der Waals surface area contributed by atoms with Crippen LogP contribution in [-0.2, 0) is 0 Å². The molecule has 0 saturated heterocycles. The monoisotopic (exact) mass is 362 g/mol. The van der Waals surface area contributed by atoms with E-state index in [1.54, 1.807) is 18.2 Å². The van der Waals surface area contributed by atoms with E-state index < -0.39 is 5.97 Å². The molecule has 0 aliphatic heterocycles. The van der Waals surface area contributed by atoms with Gasteiger partial charge in [-0.05, 0) is 25.0 Å². The van der Waals surface area contributed by atoms with Crippen molar-refractivity contribution in [3.05, 3.63) is 65.2 Å². The van der Waals surface area contributed by atoms with E-state index in [1.807, 2.05) is 30.3 Å². The third-order valence-electron chi connectivity index (χ3n) is 5.20. The Morgan fingerprint density at radius 2 is 1.74 bits per heavy atom. The highest BCUT2D eigenvalue weighted by Crippen LogP contribution is 2.32. The number of aromatic nitrogens is 1. The van der Waals surface area contributed by atoms with Gasteiger partial charge in [-0.3, -0.25) is 4.99 Å². The maximum Gasteiger partial charge on any atom is 0.335 e. The normalized spacial score (nSPS) is 15.9. The number of rotatable bonds is 4. The van der Waals surface area contributed by atoms with Crippen LogP contribution in [0.1, 0.15) is 53.6 Å². The van der Waals surface area contributed by atoms with Crippen LogP contribution in [0, 0.1) is 0 Å². The van der Waals surface area contributed by atoms with E-state index in [9.17, 15) is 15.0 Å². The zero-order valence-corrected chi connectivity index (χ0v) is 15.0. The molecule has 0 radical (unpaired) electrons. The van der Waals surface area contributed by atoms with Crippen LogP contribution in [0.4, 0.5) is 0 Å². The van der Waals surface area contributed by atoms with Crippen molar-refractivity contribution >= 4 is 22.6 Å². The van der Waals surface area contributed by atoms with Crippen molar-refractivity contribution in [3.8, 4) is 5.88 Å². The van der Waals surface area contributed by atoms with E-state index in [1.165, 1.54) is 19.3 Å². The number of H-pyrrole nitrogens is 1. The van der Waals surface area contributed by atoms with Gasteiger partial charge in [0.25, 0.3) is 0 Å². The molecule has 5 heteroatoms. The second-order valence-corrected chi connectivity index (χ2v) is 7.05. The number of hydrogen-bond acceptors (Lipinski definition) is 3. The third kappa shape index (κ3) is 3.45. The third-order valence-corrected chi connectivity index (χ3v) is 5.20. The van der Waals surface area contributed by atoms with E-state index >= 15 is 0 Å². The first kappa shape index (κ1) is 17.3. The lowest BCUT2D eigenvalue weighted by atomic mass is 9.94. The van der Waals surface area contributed by atoms with Crippen LogP contribution in [0.25, 0.3) is 10.9 Å². The molecule has 1 heterocycles. The number of aromatic carboxylic acids is 1. The first-order valence-corrected chi connectivity index (χ1v) is 9.35. The van der Waals surface area contributed by atoms with Gasteiger partial charge in [0.2, 0.25) is 0 Å². The molecule has 0 atom stereocenters. The van der Waals surface area contributed by atoms with E-state index in [2.05, 4.69) is 4.98 Å². The molecule has 3 aromatic rings. The average Bonchev–Trinajstić information content (AvgIpc) is 3.02. The van der Waals surface area contributed by atoms with E-state index in [-0.39, 0.29) is 17.5 Å². The fourth-order valence-corrected chi connectivity index (χ4v) is 3.83. The van der Waals surface area contributed by atoms with Crippen LogP contribution in [0.3, 0.4) is 0 Å². The number of carboxylic acid groups (broad SMARTS) is 1. The number of aromatic amines is 1. The molecule has 1 fully saturated rings. The molecule has 1 aliphatic carbocycles. The summed E-state index contributed by atoms with van der Waals surface area (Å²) in [4.78, 5) is 19.2. The minimum Gasteiger partial charge on any atom is -0.494 e. The Kier molecular flexibility index (Phi) is 4.67. The molecule has 3 N–H and O–H groups in total. The van der Waals surface area contributed by atoms with E-state index in [4.69, 9.17) is 4.99 Å². The first-order valence-electron chi connectivity index (χ1n) is 9.35. The highest BCUT2D eigenvalue weighted by molar-refractivity contribution is 6.21. The van der Waals surface area contributed by atoms with Gasteiger partial charge in [-0.25, -0.2) is 4.79 Å². The number of benzene rings is 2. The minimum atomic E-state index is -0.994. The van der Waals surface area contributed by atoms with Crippen LogP contribution in [0.5, 0.6) is 5.88 Å². The molecule has 27 heavy (non-hydrogen) atoms. The number of nitrogens with zero attached hydrogens (tertiary/aromatic N) is 1. The van der Waals surface area contributed by atoms with Gasteiger partial charge in [-0.15, -0.1) is 0 Å². The highest BCUT2D eigenvalue weighted by Gasteiger charge is 2.21. The Morgan fingerprint density at radius 3 is 2.44 bits per heavy atom. The number of nitrogens with one attached hydrogen (secondary N) is 1. The molecule has 1 saturated carbocycles. The van der Waals surface area contributed by atoms with Crippen LogP contribution in [0.2, 0.25) is 0 Å². The molecule has 0 amide bonds. The summed E-state index contributed by atoms with van der Waals surface area (Å²) in [5, 5.41) is 20.6. The Bertz CT molecular complexity index is 999. The lowest BCUT2D eigenvalue weighted by Gasteiger charge is -2.19. The Labute approximate surface area is 157 Å². The average molecular weight is 362 g/mol. The lowest BCUT2D eigenvalue weighted by Crippen LogP contribution is -2.14. The lowest BCUT2D eigenvalue weighted by molar-refractivity contribution is 0.0697. The summed E-state index contributed by atoms with van der Waals surface area (Å²) in [5.41, 5.74) is 3.12. The van der Waals surface area contributed by atoms with Gasteiger partial charge in [-0.2, -0.15) is 0 Å². The maximum absolute atomic E-state index is 11.3. The number of carbonyl (C=O) groups is 1. The second kappa shape index (κ2) is 7.27. The molecule has 2 aromatic carbocycles. The number of aliphatic imine (C=N–C) groups is 1. The van der Waals surface area contributed by atoms with Gasteiger partial charge in [0.15, 0.2) is 5.88 Å². The van der Waals surface area contributed by atoms with Crippen LogP contribution >= 0.6 is 0 Å². The van der Waals surface area contributed by atoms with Crippen molar-refractivity contribution < 1.29 is 15.0 Å². The topological polar surface area (TPSA) is 85.7 Å². The zero-order chi connectivity index (χ0) is 18.8. The van der Waals surface area contributed by atoms with Gasteiger partial charge in [-0.1, -0.05) is 55.7 Å². The molecule has 1 aliphatic rings. The molecular weight excluding hydrogens is 340 g/mol. The molecular formula is C22H22N2O3. The van der Waals surface area contributed by atoms with E-state index in [0.29, 0.717) is 11.1 Å². The summed E-state index contributed by atoms with van der Waals surface area (Å²) in [5.74, 6) is -0.974. The summed E-state index contributed by atoms with van der Waals surface area (Å²) >= 11 is 0. The first-order chi connectivity index (χ1) is 13.1. The van der Waals surface area contributed by atoms with Crippen molar-refractivity contribution in [2.45, 2.75) is 38.1 Å². The molecule has 138 valence electrons. The van der Waals surface area contributed by atoms with Crippen molar-refractivity contribution in [1.29, 1.82) is 0 Å². The summed E-state index contributed by atoms with van der Waals surface area (Å²) in [6.45, 7) is 0. The Balaban J connectivity index is 1.88. The SMILES string of the molecule is O=C(O)c1ccc2c(C(=NC3CCCCC3)c3ccccc3)c(O)[nH]c2c1. The minimum absolute atomic E-state index is 0.0194. The highest BCUT2D eigenvalue weighted by atomic mass is 16.4. The fourth-order valence-electron chi connectivity index (χ4n) is 3.83. The smallest absolute Gasteiger partial charge is 0.335 e. The summed E-state index contributed by atoms with van der Waals surface area (Å²) in [6.07, 6.45) is 5.73. The van der Waals surface area contributed by atoms with Gasteiger partial charge in [0.1, 0.15) is 0 Å². The predicted octanol–water partition coefficient (Wildman–Crippen LogP) is 4.74. The zero-order valence-electron chi connectivity index (χ0n) is 15.0. The molecule has 0 spiro atoms. The van der Waals surface area contributed by atoms with Crippen LogP contribution in [0.15, 0.2) is 53.5 Å². The molecule has 0 unspecified atom stereocenters. The number of aromatic hydroxyl groups is 1.